The van der Waals surface area contributed by atoms with E-state index >= 15 is 0 Å². The Labute approximate surface area is 191 Å². The van der Waals surface area contributed by atoms with Crippen LogP contribution in [0.25, 0.3) is 10.9 Å². The molecule has 1 atom stereocenters. The normalized spacial score (nSPS) is 17.3. The Balaban J connectivity index is 1.67. The van der Waals surface area contributed by atoms with Crippen molar-refractivity contribution in [3.63, 3.8) is 0 Å². The Bertz CT molecular complexity index is 896. The summed E-state index contributed by atoms with van der Waals surface area (Å²) in [7, 11) is 4.15. The number of amides is 1. The first-order valence-corrected chi connectivity index (χ1v) is 11.6. The van der Waals surface area contributed by atoms with Crippen molar-refractivity contribution in [2.24, 2.45) is 0 Å². The van der Waals surface area contributed by atoms with Crippen molar-refractivity contribution < 1.29 is 9.53 Å². The van der Waals surface area contributed by atoms with Crippen LogP contribution in [-0.4, -0.2) is 77.8 Å². The number of carbonyl (C=O) groups is 1. The number of hydrogen-bond acceptors (Lipinski definition) is 7. The van der Waals surface area contributed by atoms with E-state index in [4.69, 9.17) is 9.72 Å². The van der Waals surface area contributed by atoms with Crippen molar-refractivity contribution >= 4 is 28.8 Å². The molecule has 0 aliphatic carbocycles. The quantitative estimate of drug-likeness (QED) is 0.622. The number of nitrogens with one attached hydrogen (secondary N) is 2. The second-order valence-electron chi connectivity index (χ2n) is 9.74. The number of hydrogen-bond donors (Lipinski definition) is 2. The van der Waals surface area contributed by atoms with E-state index in [2.05, 4.69) is 40.7 Å². The van der Waals surface area contributed by atoms with Gasteiger partial charge < -0.3 is 25.2 Å². The van der Waals surface area contributed by atoms with Crippen molar-refractivity contribution in [2.75, 3.05) is 50.9 Å². The molecule has 2 heterocycles. The Hall–Kier alpha value is -2.61. The Morgan fingerprint density at radius 2 is 1.97 bits per heavy atom. The van der Waals surface area contributed by atoms with Crippen LogP contribution in [0.4, 0.5) is 16.6 Å². The lowest BCUT2D eigenvalue weighted by Gasteiger charge is -2.26. The van der Waals surface area contributed by atoms with Gasteiger partial charge in [0.15, 0.2) is 0 Å². The number of benzene rings is 1. The number of anilines is 2. The molecule has 0 spiro atoms. The highest BCUT2D eigenvalue weighted by molar-refractivity contribution is 5.90. The maximum Gasteiger partial charge on any atom is 0.410 e. The molecule has 176 valence electrons. The summed E-state index contributed by atoms with van der Waals surface area (Å²) >= 11 is 0. The number of carbonyl (C=O) groups excluding carboxylic acids is 1. The standard InChI is InChI=1S/C24H38N6O2/c1-24(2,3)32-23(31)30-16-8-10-18(13-17-30)26-21-19-11-6-7-12-20(19)27-22(28-21)25-14-9-15-29(4)5/h6-7,11-12,18H,8-10,13-17H2,1-5H3,(H2,25,26,27,28). The molecule has 8 nitrogen and oxygen atoms in total. The maximum atomic E-state index is 12.5. The lowest BCUT2D eigenvalue weighted by Crippen LogP contribution is -2.37. The zero-order valence-corrected chi connectivity index (χ0v) is 20.1. The first-order valence-electron chi connectivity index (χ1n) is 11.6. The third-order valence-electron chi connectivity index (χ3n) is 5.39. The average molecular weight is 443 g/mol. The largest absolute Gasteiger partial charge is 0.444 e. The maximum absolute atomic E-state index is 12.5. The van der Waals surface area contributed by atoms with E-state index in [1.807, 2.05) is 43.9 Å². The molecule has 1 aliphatic heterocycles. The Morgan fingerprint density at radius 3 is 2.72 bits per heavy atom. The zero-order valence-electron chi connectivity index (χ0n) is 20.1. The van der Waals surface area contributed by atoms with E-state index in [1.165, 1.54) is 0 Å². The van der Waals surface area contributed by atoms with Crippen molar-refractivity contribution in [1.82, 2.24) is 19.8 Å². The average Bonchev–Trinajstić information content (AvgIpc) is 2.96. The lowest BCUT2D eigenvalue weighted by atomic mass is 10.1. The fourth-order valence-electron chi connectivity index (χ4n) is 3.80. The third-order valence-corrected chi connectivity index (χ3v) is 5.39. The first kappa shape index (κ1) is 24.0. The summed E-state index contributed by atoms with van der Waals surface area (Å²) in [5.74, 6) is 1.50. The van der Waals surface area contributed by atoms with Gasteiger partial charge in [0, 0.05) is 31.1 Å². The van der Waals surface area contributed by atoms with Crippen LogP contribution in [0, 0.1) is 0 Å². The van der Waals surface area contributed by atoms with E-state index in [0.29, 0.717) is 12.5 Å². The molecule has 1 aliphatic rings. The minimum Gasteiger partial charge on any atom is -0.444 e. The number of para-hydroxylation sites is 1. The van der Waals surface area contributed by atoms with Crippen molar-refractivity contribution in [1.29, 1.82) is 0 Å². The molecule has 3 rings (SSSR count). The number of fused-ring (bicyclic) bond motifs is 1. The molecule has 0 bridgehead atoms. The van der Waals surface area contributed by atoms with Gasteiger partial charge in [0.1, 0.15) is 11.4 Å². The second kappa shape index (κ2) is 10.8. The zero-order chi connectivity index (χ0) is 23.1. The summed E-state index contributed by atoms with van der Waals surface area (Å²) < 4.78 is 5.56. The predicted molar refractivity (Wildman–Crippen MR) is 130 cm³/mol. The molecular formula is C24H38N6O2. The smallest absolute Gasteiger partial charge is 0.410 e. The monoisotopic (exact) mass is 442 g/mol. The van der Waals surface area contributed by atoms with Crippen LogP contribution >= 0.6 is 0 Å². The number of ether oxygens (including phenoxy) is 1. The van der Waals surface area contributed by atoms with Crippen LogP contribution in [0.15, 0.2) is 24.3 Å². The molecule has 2 aromatic rings. The van der Waals surface area contributed by atoms with Gasteiger partial charge in [-0.3, -0.25) is 0 Å². The summed E-state index contributed by atoms with van der Waals surface area (Å²) in [6.45, 7) is 8.94. The molecule has 1 amide bonds. The van der Waals surface area contributed by atoms with Crippen molar-refractivity contribution in [2.45, 2.75) is 58.1 Å². The van der Waals surface area contributed by atoms with Crippen LogP contribution < -0.4 is 10.6 Å². The summed E-state index contributed by atoms with van der Waals surface area (Å²) in [6, 6.07) is 8.32. The summed E-state index contributed by atoms with van der Waals surface area (Å²) in [5, 5.41) is 8.02. The number of aromatic nitrogens is 2. The topological polar surface area (TPSA) is 82.6 Å². The van der Waals surface area contributed by atoms with E-state index < -0.39 is 5.60 Å². The highest BCUT2D eigenvalue weighted by Gasteiger charge is 2.25. The molecule has 1 saturated heterocycles. The van der Waals surface area contributed by atoms with Gasteiger partial charge in [-0.2, -0.15) is 4.98 Å². The number of nitrogens with zero attached hydrogens (tertiary/aromatic N) is 4. The van der Waals surface area contributed by atoms with E-state index in [1.54, 1.807) is 0 Å². The van der Waals surface area contributed by atoms with E-state index in [9.17, 15) is 4.79 Å². The first-order chi connectivity index (χ1) is 15.2. The summed E-state index contributed by atoms with van der Waals surface area (Å²) in [6.07, 6.45) is 3.55. The van der Waals surface area contributed by atoms with Crippen molar-refractivity contribution in [3.05, 3.63) is 24.3 Å². The second-order valence-corrected chi connectivity index (χ2v) is 9.74. The van der Waals surface area contributed by atoms with E-state index in [-0.39, 0.29) is 12.1 Å². The molecule has 1 aromatic heterocycles. The number of rotatable bonds is 7. The summed E-state index contributed by atoms with van der Waals surface area (Å²) in [5.41, 5.74) is 0.445. The molecule has 32 heavy (non-hydrogen) atoms. The molecule has 0 radical (unpaired) electrons. The molecular weight excluding hydrogens is 404 g/mol. The summed E-state index contributed by atoms with van der Waals surface area (Å²) in [4.78, 5) is 25.9. The van der Waals surface area contributed by atoms with Crippen LogP contribution in [-0.2, 0) is 4.74 Å². The molecule has 2 N–H and O–H groups in total. The Kier molecular flexibility index (Phi) is 8.12. The number of likely N-dealkylation sites (tertiary alicyclic amines) is 1. The van der Waals surface area contributed by atoms with Gasteiger partial charge in [0.25, 0.3) is 0 Å². The SMILES string of the molecule is CN(C)CCCNc1nc(NC2CCCN(C(=O)OC(C)(C)C)CC2)c2ccccc2n1. The molecule has 8 heteroatoms. The Morgan fingerprint density at radius 1 is 1.19 bits per heavy atom. The van der Waals surface area contributed by atoms with Gasteiger partial charge in [-0.1, -0.05) is 12.1 Å². The minimum atomic E-state index is -0.475. The predicted octanol–water partition coefficient (Wildman–Crippen LogP) is 4.19. The van der Waals surface area contributed by atoms with Gasteiger partial charge in [-0.15, -0.1) is 0 Å². The fraction of sp³-hybridized carbons (Fsp3) is 0.625. The molecule has 0 saturated carbocycles. The molecule has 1 unspecified atom stereocenters. The van der Waals surface area contributed by atoms with Gasteiger partial charge in [-0.25, -0.2) is 9.78 Å². The molecule has 1 fully saturated rings. The van der Waals surface area contributed by atoms with Gasteiger partial charge in [-0.05, 0) is 79.2 Å². The van der Waals surface area contributed by atoms with Crippen LogP contribution in [0.5, 0.6) is 0 Å². The van der Waals surface area contributed by atoms with Crippen LogP contribution in [0.2, 0.25) is 0 Å². The van der Waals surface area contributed by atoms with Crippen LogP contribution in [0.1, 0.15) is 46.5 Å². The fourth-order valence-corrected chi connectivity index (χ4v) is 3.80. The van der Waals surface area contributed by atoms with E-state index in [0.717, 1.165) is 62.0 Å². The van der Waals surface area contributed by atoms with Gasteiger partial charge in [0.2, 0.25) is 5.95 Å². The third kappa shape index (κ3) is 7.22. The van der Waals surface area contributed by atoms with Gasteiger partial charge >= 0.3 is 6.09 Å². The van der Waals surface area contributed by atoms with Crippen molar-refractivity contribution in [3.8, 4) is 0 Å². The van der Waals surface area contributed by atoms with Gasteiger partial charge in [0.05, 0.1) is 5.52 Å². The molecule has 1 aromatic carbocycles. The highest BCUT2D eigenvalue weighted by Crippen LogP contribution is 2.25. The minimum absolute atomic E-state index is 0.227. The highest BCUT2D eigenvalue weighted by atomic mass is 16.6. The van der Waals surface area contributed by atoms with Crippen LogP contribution in [0.3, 0.4) is 0 Å². The lowest BCUT2D eigenvalue weighted by molar-refractivity contribution is 0.0256.